The summed E-state index contributed by atoms with van der Waals surface area (Å²) in [5.74, 6) is 0. The largest absolute Gasteiger partial charge is 0.350 e. The molecule has 0 saturated carbocycles. The molecule has 2 N–H and O–H groups in total. The maximum absolute atomic E-state index is 10.9. The Morgan fingerprint density at radius 3 is 2.60 bits per heavy atom. The van der Waals surface area contributed by atoms with Crippen LogP contribution in [0.1, 0.15) is 44.7 Å². The monoisotopic (exact) mass is 359 g/mol. The molecule has 0 amide bonds. The van der Waals surface area contributed by atoms with Crippen LogP contribution >= 0.6 is 8.38 Å². The first-order valence-corrected chi connectivity index (χ1v) is 10.0. The molecule has 0 saturated heterocycles. The fourth-order valence-electron chi connectivity index (χ4n) is 3.21. The number of nitroso groups, excluding NO2 is 1. The zero-order chi connectivity index (χ0) is 18.4. The highest BCUT2D eigenvalue weighted by Crippen LogP contribution is 2.31. The van der Waals surface area contributed by atoms with E-state index in [1.165, 1.54) is 22.3 Å². The first-order valence-electron chi connectivity index (χ1n) is 8.59. The SMILES string of the molecule is CCc1cc(CC2=C(C)C=C(CCP(O)O)C=C(C)C2)ccc1N=O. The molecule has 0 unspecified atom stereocenters. The molecule has 1 aromatic rings. The predicted octanol–water partition coefficient (Wildman–Crippen LogP) is 5.47. The van der Waals surface area contributed by atoms with Gasteiger partial charge in [0.05, 0.1) is 0 Å². The third-order valence-corrected chi connectivity index (χ3v) is 5.15. The van der Waals surface area contributed by atoms with Crippen LogP contribution in [-0.4, -0.2) is 15.9 Å². The van der Waals surface area contributed by atoms with Crippen LogP contribution in [-0.2, 0) is 12.8 Å². The average Bonchev–Trinajstić information content (AvgIpc) is 2.71. The normalized spacial score (nSPS) is 15.1. The first kappa shape index (κ1) is 19.7. The van der Waals surface area contributed by atoms with Crippen molar-refractivity contribution in [1.29, 1.82) is 0 Å². The molecule has 134 valence electrons. The van der Waals surface area contributed by atoms with Crippen molar-refractivity contribution in [3.05, 3.63) is 68.7 Å². The van der Waals surface area contributed by atoms with Crippen LogP contribution in [0, 0.1) is 4.91 Å². The van der Waals surface area contributed by atoms with Crippen molar-refractivity contribution in [1.82, 2.24) is 0 Å². The Hall–Kier alpha value is -1.61. The number of nitrogens with zero attached hydrogens (tertiary/aromatic N) is 1. The topological polar surface area (TPSA) is 69.9 Å². The molecule has 2 rings (SSSR count). The summed E-state index contributed by atoms with van der Waals surface area (Å²) in [7, 11) is -1.84. The molecule has 25 heavy (non-hydrogen) atoms. The van der Waals surface area contributed by atoms with Crippen molar-refractivity contribution in [2.24, 2.45) is 5.18 Å². The molecule has 0 heterocycles. The molecule has 0 bridgehead atoms. The zero-order valence-electron chi connectivity index (χ0n) is 15.1. The minimum Gasteiger partial charge on any atom is -0.350 e. The molecule has 0 fully saturated rings. The van der Waals surface area contributed by atoms with E-state index in [0.717, 1.165) is 30.4 Å². The van der Waals surface area contributed by atoms with Crippen LogP contribution < -0.4 is 0 Å². The second kappa shape index (κ2) is 9.19. The van der Waals surface area contributed by atoms with Gasteiger partial charge in [-0.25, -0.2) is 0 Å². The van der Waals surface area contributed by atoms with E-state index in [4.69, 9.17) is 9.79 Å². The third-order valence-electron chi connectivity index (χ3n) is 4.52. The van der Waals surface area contributed by atoms with Gasteiger partial charge < -0.3 is 9.79 Å². The zero-order valence-corrected chi connectivity index (χ0v) is 16.0. The van der Waals surface area contributed by atoms with Gasteiger partial charge in [0, 0.05) is 6.16 Å². The first-order chi connectivity index (χ1) is 11.9. The van der Waals surface area contributed by atoms with Gasteiger partial charge in [-0.15, -0.1) is 4.91 Å². The molecule has 0 atom stereocenters. The molecule has 0 radical (unpaired) electrons. The van der Waals surface area contributed by atoms with E-state index in [9.17, 15) is 4.91 Å². The Kier molecular flexibility index (Phi) is 7.24. The summed E-state index contributed by atoms with van der Waals surface area (Å²) in [5.41, 5.74) is 7.72. The maximum Gasteiger partial charge on any atom is 0.165 e. The molecular formula is C20H26NO3P. The molecule has 4 nitrogen and oxygen atoms in total. The predicted molar refractivity (Wildman–Crippen MR) is 105 cm³/mol. The van der Waals surface area contributed by atoms with Gasteiger partial charge in [0.15, 0.2) is 8.38 Å². The molecular weight excluding hydrogens is 333 g/mol. The van der Waals surface area contributed by atoms with Gasteiger partial charge in [0.1, 0.15) is 5.69 Å². The number of aryl methyl sites for hydroxylation is 1. The fourth-order valence-corrected chi connectivity index (χ4v) is 3.67. The van der Waals surface area contributed by atoms with Crippen molar-refractivity contribution in [2.45, 2.75) is 46.5 Å². The lowest BCUT2D eigenvalue weighted by molar-refractivity contribution is 0.482. The number of hydrogen-bond donors (Lipinski definition) is 2. The lowest BCUT2D eigenvalue weighted by Gasteiger charge is -2.11. The van der Waals surface area contributed by atoms with E-state index < -0.39 is 8.38 Å². The Morgan fingerprint density at radius 2 is 1.96 bits per heavy atom. The van der Waals surface area contributed by atoms with Crippen LogP contribution in [0.25, 0.3) is 0 Å². The minimum absolute atomic E-state index is 0.410. The van der Waals surface area contributed by atoms with E-state index in [2.05, 4.69) is 37.2 Å². The lowest BCUT2D eigenvalue weighted by Crippen LogP contribution is -1.96. The van der Waals surface area contributed by atoms with E-state index in [0.29, 0.717) is 18.3 Å². The summed E-state index contributed by atoms with van der Waals surface area (Å²) in [4.78, 5) is 29.2. The van der Waals surface area contributed by atoms with Crippen LogP contribution in [0.4, 0.5) is 5.69 Å². The number of benzene rings is 1. The van der Waals surface area contributed by atoms with Crippen LogP contribution in [0.3, 0.4) is 0 Å². The molecule has 0 spiro atoms. The summed E-state index contributed by atoms with van der Waals surface area (Å²) < 4.78 is 0. The van der Waals surface area contributed by atoms with E-state index in [1.807, 2.05) is 19.1 Å². The highest BCUT2D eigenvalue weighted by atomic mass is 31.2. The summed E-state index contributed by atoms with van der Waals surface area (Å²) in [6.07, 6.45) is 7.96. The van der Waals surface area contributed by atoms with Gasteiger partial charge in [0.25, 0.3) is 0 Å². The van der Waals surface area contributed by atoms with Gasteiger partial charge in [-0.3, -0.25) is 0 Å². The minimum atomic E-state index is -1.84. The Labute approximate surface area is 150 Å². The Bertz CT molecular complexity index is 732. The highest BCUT2D eigenvalue weighted by molar-refractivity contribution is 7.45. The number of rotatable bonds is 7. The number of allylic oxidation sites excluding steroid dienone is 6. The van der Waals surface area contributed by atoms with Gasteiger partial charge in [-0.05, 0) is 67.5 Å². The smallest absolute Gasteiger partial charge is 0.165 e. The van der Waals surface area contributed by atoms with Crippen molar-refractivity contribution in [3.63, 3.8) is 0 Å². The van der Waals surface area contributed by atoms with Crippen molar-refractivity contribution in [3.8, 4) is 0 Å². The van der Waals surface area contributed by atoms with Crippen molar-refractivity contribution in [2.75, 3.05) is 6.16 Å². The van der Waals surface area contributed by atoms with E-state index in [1.54, 1.807) is 0 Å². The molecule has 1 aliphatic rings. The summed E-state index contributed by atoms with van der Waals surface area (Å²) in [5, 5.41) is 3.10. The maximum atomic E-state index is 10.9. The third kappa shape index (κ3) is 5.71. The van der Waals surface area contributed by atoms with E-state index >= 15 is 0 Å². The molecule has 0 aliphatic heterocycles. The van der Waals surface area contributed by atoms with Gasteiger partial charge in [-0.2, -0.15) is 0 Å². The standard InChI is InChI=1S/C20H26NO3P/c1-4-18-12-16(5-6-20(18)21-22)13-19-10-14(2)9-17(11-15(19)3)7-8-25(23)24/h5-6,9,11-12,23-24H,4,7-8,10,13H2,1-3H3. The van der Waals surface area contributed by atoms with Crippen LogP contribution in [0.5, 0.6) is 0 Å². The quantitative estimate of drug-likeness (QED) is 0.501. The van der Waals surface area contributed by atoms with Gasteiger partial charge >= 0.3 is 0 Å². The van der Waals surface area contributed by atoms with E-state index in [-0.39, 0.29) is 0 Å². The van der Waals surface area contributed by atoms with Gasteiger partial charge in [-0.1, -0.05) is 47.9 Å². The molecule has 0 aromatic heterocycles. The Balaban J connectivity index is 2.24. The van der Waals surface area contributed by atoms with Crippen molar-refractivity contribution < 1.29 is 9.79 Å². The number of hydrogen-bond acceptors (Lipinski definition) is 4. The molecule has 1 aliphatic carbocycles. The fraction of sp³-hybridized carbons (Fsp3) is 0.400. The van der Waals surface area contributed by atoms with Crippen LogP contribution in [0.15, 0.2) is 57.8 Å². The van der Waals surface area contributed by atoms with Crippen molar-refractivity contribution >= 4 is 14.1 Å². The Morgan fingerprint density at radius 1 is 1.20 bits per heavy atom. The second-order valence-corrected chi connectivity index (χ2v) is 7.80. The summed E-state index contributed by atoms with van der Waals surface area (Å²) >= 11 is 0. The van der Waals surface area contributed by atoms with Gasteiger partial charge in [0.2, 0.25) is 0 Å². The molecule has 5 heteroatoms. The lowest BCUT2D eigenvalue weighted by atomic mass is 9.94. The summed E-state index contributed by atoms with van der Waals surface area (Å²) in [6, 6.07) is 5.87. The van der Waals surface area contributed by atoms with Crippen LogP contribution in [0.2, 0.25) is 0 Å². The second-order valence-electron chi connectivity index (χ2n) is 6.60. The average molecular weight is 359 g/mol. The molecule has 1 aromatic carbocycles. The highest BCUT2D eigenvalue weighted by Gasteiger charge is 2.12. The summed E-state index contributed by atoms with van der Waals surface area (Å²) in [6.45, 7) is 6.26.